The minimum absolute atomic E-state index is 0.0293. The van der Waals surface area contributed by atoms with Crippen molar-refractivity contribution in [1.29, 1.82) is 0 Å². The predicted molar refractivity (Wildman–Crippen MR) is 80.5 cm³/mol. The van der Waals surface area contributed by atoms with Gasteiger partial charge in [0.1, 0.15) is 0 Å². The molecule has 0 heterocycles. The highest BCUT2D eigenvalue weighted by atomic mass is 16.3. The van der Waals surface area contributed by atoms with Crippen LogP contribution in [-0.4, -0.2) is 17.0 Å². The van der Waals surface area contributed by atoms with Crippen molar-refractivity contribution in [2.75, 3.05) is 0 Å². The Kier molecular flexibility index (Phi) is 2.46. The van der Waals surface area contributed by atoms with Crippen molar-refractivity contribution >= 4 is 5.78 Å². The molecule has 5 aliphatic rings. The number of aliphatic hydroxyl groups is 1. The van der Waals surface area contributed by atoms with Crippen LogP contribution in [0.5, 0.6) is 0 Å². The number of carbonyl (C=O) groups is 1. The van der Waals surface area contributed by atoms with Crippen molar-refractivity contribution in [1.82, 2.24) is 0 Å². The van der Waals surface area contributed by atoms with E-state index >= 15 is 0 Å². The average Bonchev–Trinajstić information content (AvgIpc) is 3.21. The lowest BCUT2D eigenvalue weighted by Gasteiger charge is -2.54. The molecule has 5 rings (SSSR count). The third-order valence-corrected chi connectivity index (χ3v) is 8.03. The maximum absolute atomic E-state index is 11.7. The van der Waals surface area contributed by atoms with Crippen LogP contribution in [0, 0.1) is 40.9 Å². The summed E-state index contributed by atoms with van der Waals surface area (Å²) < 4.78 is 0. The molecule has 0 bridgehead atoms. The Morgan fingerprint density at radius 3 is 2.81 bits per heavy atom. The van der Waals surface area contributed by atoms with Crippen LogP contribution in [0.3, 0.4) is 0 Å². The molecule has 0 aromatic rings. The summed E-state index contributed by atoms with van der Waals surface area (Å²) in [5, 5.41) is 10.7. The molecule has 0 amide bonds. The van der Waals surface area contributed by atoms with E-state index in [4.69, 9.17) is 0 Å². The Bertz CT molecular complexity index is 536. The maximum Gasteiger partial charge on any atom is 0.155 e. The van der Waals surface area contributed by atoms with Gasteiger partial charge in [-0.25, -0.2) is 0 Å². The lowest BCUT2D eigenvalue weighted by Crippen LogP contribution is -2.49. The molecule has 0 aromatic carbocycles. The summed E-state index contributed by atoms with van der Waals surface area (Å²) in [4.78, 5) is 11.7. The van der Waals surface area contributed by atoms with Gasteiger partial charge in [0.25, 0.3) is 0 Å². The van der Waals surface area contributed by atoms with Gasteiger partial charge in [0.2, 0.25) is 0 Å². The van der Waals surface area contributed by atoms with Gasteiger partial charge in [0.05, 0.1) is 6.10 Å². The molecule has 0 spiro atoms. The highest BCUT2D eigenvalue weighted by molar-refractivity contribution is 5.91. The summed E-state index contributed by atoms with van der Waals surface area (Å²) in [5.41, 5.74) is 1.68. The summed E-state index contributed by atoms with van der Waals surface area (Å²) in [5.74, 6) is 4.92. The molecule has 0 radical (unpaired) electrons. The molecule has 5 aliphatic carbocycles. The largest absolute Gasteiger partial charge is 0.392 e. The van der Waals surface area contributed by atoms with Crippen LogP contribution in [-0.2, 0) is 4.79 Å². The van der Waals surface area contributed by atoms with E-state index in [-0.39, 0.29) is 11.5 Å². The lowest BCUT2D eigenvalue weighted by molar-refractivity contribution is -0.116. The molecule has 114 valence electrons. The second kappa shape index (κ2) is 4.01. The zero-order chi connectivity index (χ0) is 14.4. The van der Waals surface area contributed by atoms with Gasteiger partial charge in [0.15, 0.2) is 5.78 Å². The summed E-state index contributed by atoms with van der Waals surface area (Å²) in [7, 11) is 0. The van der Waals surface area contributed by atoms with Crippen LogP contribution >= 0.6 is 0 Å². The van der Waals surface area contributed by atoms with Gasteiger partial charge in [-0.15, -0.1) is 0 Å². The van der Waals surface area contributed by atoms with Gasteiger partial charge < -0.3 is 5.11 Å². The Morgan fingerprint density at radius 2 is 1.95 bits per heavy atom. The number of ketones is 1. The van der Waals surface area contributed by atoms with E-state index in [1.54, 1.807) is 0 Å². The molecular formula is C19H26O2. The smallest absolute Gasteiger partial charge is 0.155 e. The van der Waals surface area contributed by atoms with Gasteiger partial charge in [0, 0.05) is 6.42 Å². The first-order valence-electron chi connectivity index (χ1n) is 9.01. The highest BCUT2D eigenvalue weighted by Crippen LogP contribution is 2.71. The molecule has 0 aliphatic heterocycles. The highest BCUT2D eigenvalue weighted by Gasteiger charge is 2.68. The van der Waals surface area contributed by atoms with Crippen molar-refractivity contribution in [2.24, 2.45) is 40.9 Å². The van der Waals surface area contributed by atoms with Gasteiger partial charge in [-0.1, -0.05) is 12.5 Å². The van der Waals surface area contributed by atoms with E-state index in [0.29, 0.717) is 17.6 Å². The van der Waals surface area contributed by atoms with Crippen molar-refractivity contribution in [2.45, 2.75) is 58.0 Å². The Morgan fingerprint density at radius 1 is 1.10 bits per heavy atom. The van der Waals surface area contributed by atoms with Crippen molar-refractivity contribution in [3.63, 3.8) is 0 Å². The number of rotatable bonds is 0. The number of fused-ring (bicyclic) bond motifs is 7. The SMILES string of the molecule is C[C@]12CCC3C4CCC(=O)C=C4CCC3C1C1CC1[C@@H]2O. The van der Waals surface area contributed by atoms with Gasteiger partial charge in [-0.3, -0.25) is 4.79 Å². The quantitative estimate of drug-likeness (QED) is 0.741. The van der Waals surface area contributed by atoms with Gasteiger partial charge in [-0.2, -0.15) is 0 Å². The van der Waals surface area contributed by atoms with Gasteiger partial charge >= 0.3 is 0 Å². The molecule has 4 fully saturated rings. The summed E-state index contributed by atoms with van der Waals surface area (Å²) in [6, 6.07) is 0. The topological polar surface area (TPSA) is 37.3 Å². The molecule has 2 heteroatoms. The van der Waals surface area contributed by atoms with E-state index in [9.17, 15) is 9.90 Å². The molecule has 6 unspecified atom stereocenters. The molecule has 2 nitrogen and oxygen atoms in total. The molecule has 0 saturated heterocycles. The summed E-state index contributed by atoms with van der Waals surface area (Å²) in [6.07, 6.45) is 10.0. The molecule has 1 N–H and O–H groups in total. The van der Waals surface area contributed by atoms with Crippen LogP contribution < -0.4 is 0 Å². The standard InChI is InChI=1S/C19H26O2/c1-19-7-6-13-12-5-3-11(20)8-10(12)2-4-14(13)17(19)15-9-16(15)18(19)21/h8,12-18,21H,2-7,9H2,1H3/t12?,13?,14?,15?,16?,17?,18-,19-/m0/s1. The number of carbonyl (C=O) groups excluding carboxylic acids is 1. The third kappa shape index (κ3) is 1.55. The predicted octanol–water partition coefficient (Wildman–Crippen LogP) is 3.35. The second-order valence-corrected chi connectivity index (χ2v) is 8.78. The van der Waals surface area contributed by atoms with E-state index in [1.807, 2.05) is 6.08 Å². The Hall–Kier alpha value is -0.630. The molecule has 21 heavy (non-hydrogen) atoms. The fourth-order valence-electron chi connectivity index (χ4n) is 7.11. The summed E-state index contributed by atoms with van der Waals surface area (Å²) >= 11 is 0. The first kappa shape index (κ1) is 12.9. The number of aliphatic hydroxyl groups excluding tert-OH is 1. The van der Waals surface area contributed by atoms with Crippen molar-refractivity contribution in [3.05, 3.63) is 11.6 Å². The van der Waals surface area contributed by atoms with Crippen LogP contribution in [0.4, 0.5) is 0 Å². The minimum atomic E-state index is -0.0293. The Labute approximate surface area is 127 Å². The van der Waals surface area contributed by atoms with Crippen molar-refractivity contribution < 1.29 is 9.90 Å². The van der Waals surface area contributed by atoms with Crippen LogP contribution in [0.2, 0.25) is 0 Å². The number of allylic oxidation sites excluding steroid dienone is 1. The molecule has 4 saturated carbocycles. The summed E-state index contributed by atoms with van der Waals surface area (Å²) in [6.45, 7) is 2.38. The van der Waals surface area contributed by atoms with Gasteiger partial charge in [-0.05, 0) is 85.5 Å². The molecule has 8 atom stereocenters. The number of hydrogen-bond acceptors (Lipinski definition) is 2. The fourth-order valence-corrected chi connectivity index (χ4v) is 7.11. The fraction of sp³-hybridized carbons (Fsp3) is 0.842. The maximum atomic E-state index is 11.7. The zero-order valence-electron chi connectivity index (χ0n) is 12.9. The van der Waals surface area contributed by atoms with E-state index < -0.39 is 0 Å². The normalized spacial score (nSPS) is 57.7. The number of hydrogen-bond donors (Lipinski definition) is 1. The lowest BCUT2D eigenvalue weighted by atomic mass is 9.51. The minimum Gasteiger partial charge on any atom is -0.392 e. The molecular weight excluding hydrogens is 260 g/mol. The second-order valence-electron chi connectivity index (χ2n) is 8.78. The average molecular weight is 286 g/mol. The van der Waals surface area contributed by atoms with E-state index in [0.717, 1.165) is 42.9 Å². The third-order valence-electron chi connectivity index (χ3n) is 8.03. The molecule has 0 aromatic heterocycles. The first-order valence-corrected chi connectivity index (χ1v) is 9.01. The van der Waals surface area contributed by atoms with Crippen LogP contribution in [0.1, 0.15) is 51.9 Å². The van der Waals surface area contributed by atoms with Crippen LogP contribution in [0.15, 0.2) is 11.6 Å². The zero-order valence-corrected chi connectivity index (χ0v) is 12.9. The van der Waals surface area contributed by atoms with Crippen molar-refractivity contribution in [3.8, 4) is 0 Å². The van der Waals surface area contributed by atoms with Crippen LogP contribution in [0.25, 0.3) is 0 Å². The Balaban J connectivity index is 1.49. The van der Waals surface area contributed by atoms with E-state index in [1.165, 1.54) is 31.3 Å². The van der Waals surface area contributed by atoms with E-state index in [2.05, 4.69) is 6.92 Å². The first-order chi connectivity index (χ1) is 10.1. The monoisotopic (exact) mass is 286 g/mol.